The molecule has 230 valence electrons. The third-order valence-electron chi connectivity index (χ3n) is 9.72. The molecule has 0 unspecified atom stereocenters. The number of hydrogen-bond acceptors (Lipinski definition) is 8. The van der Waals surface area contributed by atoms with Crippen LogP contribution in [0.15, 0.2) is 109 Å². The maximum absolute atomic E-state index is 12.3. The number of piperidine rings is 1. The number of aromatic nitrogens is 4. The van der Waals surface area contributed by atoms with Gasteiger partial charge in [-0.25, -0.2) is 15.0 Å². The van der Waals surface area contributed by atoms with Crippen LogP contribution in [0.1, 0.15) is 18.4 Å². The Morgan fingerprint density at radius 1 is 0.935 bits per heavy atom. The summed E-state index contributed by atoms with van der Waals surface area (Å²) in [6.45, 7) is 8.62. The molecule has 9 heteroatoms. The minimum Gasteiger partial charge on any atom is -0.494 e. The lowest BCUT2D eigenvalue weighted by Crippen LogP contribution is -2.61. The summed E-state index contributed by atoms with van der Waals surface area (Å²) in [5, 5.41) is 0. The summed E-state index contributed by atoms with van der Waals surface area (Å²) in [7, 11) is 1.61. The molecule has 0 bridgehead atoms. The summed E-state index contributed by atoms with van der Waals surface area (Å²) in [5.74, 6) is 1.83. The number of pyridine rings is 2. The molecule has 1 spiro atoms. The van der Waals surface area contributed by atoms with Crippen molar-refractivity contribution in [3.05, 3.63) is 114 Å². The molecule has 3 aliphatic rings. The molecular weight excluding hydrogens is 574 g/mol. The normalized spacial score (nSPS) is 17.8. The summed E-state index contributed by atoms with van der Waals surface area (Å²) < 4.78 is 7.48. The van der Waals surface area contributed by atoms with Gasteiger partial charge in [-0.3, -0.25) is 14.3 Å². The van der Waals surface area contributed by atoms with Crippen LogP contribution in [0.2, 0.25) is 0 Å². The molecule has 46 heavy (non-hydrogen) atoms. The maximum Gasteiger partial charge on any atom is 0.216 e. The number of likely N-dealkylation sites (tertiary alicyclic amines) is 2. The minimum atomic E-state index is 0.0275. The van der Waals surface area contributed by atoms with Crippen molar-refractivity contribution >= 4 is 22.8 Å². The van der Waals surface area contributed by atoms with Crippen LogP contribution in [0.5, 0.6) is 0 Å². The van der Waals surface area contributed by atoms with E-state index in [1.54, 1.807) is 13.3 Å². The number of imidazole rings is 1. The number of anilines is 1. The quantitative estimate of drug-likeness (QED) is 0.237. The van der Waals surface area contributed by atoms with E-state index < -0.39 is 0 Å². The van der Waals surface area contributed by atoms with Gasteiger partial charge in [0.25, 0.3) is 0 Å². The van der Waals surface area contributed by atoms with Crippen molar-refractivity contribution in [3.8, 4) is 28.3 Å². The van der Waals surface area contributed by atoms with Gasteiger partial charge >= 0.3 is 0 Å². The first-order valence-electron chi connectivity index (χ1n) is 15.7. The predicted octanol–water partition coefficient (Wildman–Crippen LogP) is 5.63. The highest BCUT2D eigenvalue weighted by Crippen LogP contribution is 2.46. The average Bonchev–Trinajstić information content (AvgIpc) is 3.46. The summed E-state index contributed by atoms with van der Waals surface area (Å²) in [4.78, 5) is 31.4. The van der Waals surface area contributed by atoms with Crippen molar-refractivity contribution in [3.63, 3.8) is 0 Å². The molecule has 9 nitrogen and oxygen atoms in total. The van der Waals surface area contributed by atoms with E-state index >= 15 is 0 Å². The molecule has 5 aromatic rings. The second-order valence-electron chi connectivity index (χ2n) is 12.6. The first kappa shape index (κ1) is 28.2. The van der Waals surface area contributed by atoms with Crippen LogP contribution in [-0.2, 0) is 16.1 Å². The largest absolute Gasteiger partial charge is 0.494 e. The SMILES string of the molecule is C=C1C(=O)C(N2CC3(CCN(Cc4ccc(-n5c(-c6cccnc6N)nc6ccc(-c7ccccc7)nc65)cc4)CC3)C2)=C1OC. The van der Waals surface area contributed by atoms with Gasteiger partial charge < -0.3 is 15.4 Å². The van der Waals surface area contributed by atoms with E-state index in [-0.39, 0.29) is 11.2 Å². The molecule has 0 saturated carbocycles. The second kappa shape index (κ2) is 11.0. The van der Waals surface area contributed by atoms with Crippen LogP contribution in [0.25, 0.3) is 39.5 Å². The zero-order valence-corrected chi connectivity index (χ0v) is 25.8. The van der Waals surface area contributed by atoms with Crippen molar-refractivity contribution in [2.75, 3.05) is 39.0 Å². The third kappa shape index (κ3) is 4.66. The van der Waals surface area contributed by atoms with Gasteiger partial charge in [0.05, 0.1) is 23.9 Å². The number of rotatable bonds is 7. The van der Waals surface area contributed by atoms with Crippen LogP contribution in [0.3, 0.4) is 0 Å². The van der Waals surface area contributed by atoms with Crippen LogP contribution in [-0.4, -0.2) is 68.4 Å². The highest BCUT2D eigenvalue weighted by molar-refractivity contribution is 6.18. The van der Waals surface area contributed by atoms with Crippen LogP contribution in [0.4, 0.5) is 5.82 Å². The number of carbonyl (C=O) groups excluding carboxylic acids is 1. The highest BCUT2D eigenvalue weighted by atomic mass is 16.5. The summed E-state index contributed by atoms with van der Waals surface area (Å²) in [6, 6.07) is 26.7. The van der Waals surface area contributed by atoms with Crippen molar-refractivity contribution in [2.45, 2.75) is 19.4 Å². The topological polar surface area (TPSA) is 102 Å². The smallest absolute Gasteiger partial charge is 0.216 e. The zero-order valence-electron chi connectivity index (χ0n) is 25.8. The van der Waals surface area contributed by atoms with E-state index in [1.165, 1.54) is 5.56 Å². The summed E-state index contributed by atoms with van der Waals surface area (Å²) >= 11 is 0. The lowest BCUT2D eigenvalue weighted by Gasteiger charge is -2.56. The molecule has 2 saturated heterocycles. The first-order valence-corrected chi connectivity index (χ1v) is 15.7. The lowest BCUT2D eigenvalue weighted by molar-refractivity contribution is -0.119. The van der Waals surface area contributed by atoms with Gasteiger partial charge in [0, 0.05) is 42.5 Å². The molecule has 1 aliphatic carbocycles. The van der Waals surface area contributed by atoms with Crippen molar-refractivity contribution in [1.29, 1.82) is 0 Å². The minimum absolute atomic E-state index is 0.0275. The van der Waals surface area contributed by atoms with Gasteiger partial charge in [-0.1, -0.05) is 49.0 Å². The Morgan fingerprint density at radius 2 is 1.70 bits per heavy atom. The van der Waals surface area contributed by atoms with Gasteiger partial charge in [0.2, 0.25) is 5.78 Å². The molecule has 2 fully saturated rings. The molecule has 2 aromatic carbocycles. The van der Waals surface area contributed by atoms with Gasteiger partial charge in [-0.2, -0.15) is 0 Å². The Hall–Kier alpha value is -5.28. The van der Waals surface area contributed by atoms with Crippen LogP contribution >= 0.6 is 0 Å². The van der Waals surface area contributed by atoms with Gasteiger partial charge in [0.15, 0.2) is 17.2 Å². The molecule has 2 N–H and O–H groups in total. The number of ether oxygens (including phenoxy) is 1. The monoisotopic (exact) mass is 609 g/mol. The van der Waals surface area contributed by atoms with Crippen LogP contribution in [0, 0.1) is 5.41 Å². The van der Waals surface area contributed by atoms with Gasteiger partial charge in [-0.15, -0.1) is 0 Å². The Kier molecular flexibility index (Phi) is 6.72. The number of nitrogens with zero attached hydrogens (tertiary/aromatic N) is 6. The summed E-state index contributed by atoms with van der Waals surface area (Å²) in [5.41, 5.74) is 14.3. The number of benzene rings is 2. The van der Waals surface area contributed by atoms with Crippen LogP contribution < -0.4 is 5.73 Å². The Balaban J connectivity index is 1.02. The number of allylic oxidation sites excluding steroid dienone is 2. The number of Topliss-reactive ketones (excluding diaryl/α,β-unsaturated/α-hetero) is 1. The number of methoxy groups -OCH3 is 1. The number of carbonyl (C=O) groups is 1. The van der Waals surface area contributed by atoms with E-state index in [0.29, 0.717) is 28.7 Å². The molecule has 0 radical (unpaired) electrons. The number of ketones is 1. The molecule has 0 atom stereocenters. The predicted molar refractivity (Wildman–Crippen MR) is 179 cm³/mol. The van der Waals surface area contributed by atoms with Crippen molar-refractivity contribution in [2.24, 2.45) is 5.41 Å². The summed E-state index contributed by atoms with van der Waals surface area (Å²) in [6.07, 6.45) is 3.94. The number of nitrogens with two attached hydrogens (primary N) is 1. The van der Waals surface area contributed by atoms with Gasteiger partial charge in [0.1, 0.15) is 17.0 Å². The molecule has 2 aliphatic heterocycles. The number of fused-ring (bicyclic) bond motifs is 1. The number of nitrogen functional groups attached to an aromatic ring is 1. The third-order valence-corrected chi connectivity index (χ3v) is 9.72. The lowest BCUT2D eigenvalue weighted by atomic mass is 9.70. The fourth-order valence-corrected chi connectivity index (χ4v) is 7.13. The highest BCUT2D eigenvalue weighted by Gasteiger charge is 2.50. The van der Waals surface area contributed by atoms with Gasteiger partial charge in [-0.05, 0) is 67.9 Å². The molecule has 5 heterocycles. The Morgan fingerprint density at radius 3 is 2.41 bits per heavy atom. The molecule has 0 amide bonds. The fourth-order valence-electron chi connectivity index (χ4n) is 7.13. The molecule has 8 rings (SSSR count). The van der Waals surface area contributed by atoms with E-state index in [4.69, 9.17) is 20.4 Å². The molecule has 3 aromatic heterocycles. The van der Waals surface area contributed by atoms with Crippen molar-refractivity contribution < 1.29 is 9.53 Å². The Labute approximate surface area is 267 Å². The fraction of sp³-hybridized carbons (Fsp3) is 0.243. The van der Waals surface area contributed by atoms with E-state index in [9.17, 15) is 4.79 Å². The van der Waals surface area contributed by atoms with E-state index in [1.807, 2.05) is 42.5 Å². The Bertz CT molecular complexity index is 2010. The first-order chi connectivity index (χ1) is 22.4. The van der Waals surface area contributed by atoms with E-state index in [0.717, 1.165) is 79.2 Å². The van der Waals surface area contributed by atoms with Crippen molar-refractivity contribution in [1.82, 2.24) is 29.3 Å². The maximum atomic E-state index is 12.3. The second-order valence-corrected chi connectivity index (χ2v) is 12.6. The number of hydrogen-bond donors (Lipinski definition) is 1. The standard InChI is InChI=1S/C37H35N7O2/c1-24-32(45)31(33(24)46-2)43-22-37(23-43)16-19-42(20-17-37)21-25-10-12-27(13-11-25)44-35(28-9-6-18-39-34(28)38)41-30-15-14-29(40-36(30)44)26-7-4-3-5-8-26/h3-15,18H,1,16-17,19-23H2,2H3,(H2,38,39). The molecular formula is C37H35N7O2. The zero-order chi connectivity index (χ0) is 31.4. The van der Waals surface area contributed by atoms with E-state index in [2.05, 4.69) is 62.3 Å². The average molecular weight is 610 g/mol.